The van der Waals surface area contributed by atoms with Gasteiger partial charge in [-0.2, -0.15) is 0 Å². The zero-order valence-electron chi connectivity index (χ0n) is 12.4. The molecule has 19 heavy (non-hydrogen) atoms. The van der Waals surface area contributed by atoms with Crippen LogP contribution in [0, 0.1) is 5.92 Å². The van der Waals surface area contributed by atoms with Crippen LogP contribution < -0.4 is 5.32 Å². The molecule has 106 valence electrons. The summed E-state index contributed by atoms with van der Waals surface area (Å²) in [6.45, 7) is 8.70. The molecule has 0 radical (unpaired) electrons. The third-order valence-corrected chi connectivity index (χ3v) is 4.10. The van der Waals surface area contributed by atoms with E-state index in [1.807, 2.05) is 0 Å². The van der Waals surface area contributed by atoms with E-state index in [-0.39, 0.29) is 0 Å². The Balaban J connectivity index is 2.02. The van der Waals surface area contributed by atoms with Crippen LogP contribution in [0.15, 0.2) is 30.3 Å². The molecular weight excluding hydrogens is 234 g/mol. The lowest BCUT2D eigenvalue weighted by Crippen LogP contribution is -2.41. The van der Waals surface area contributed by atoms with Gasteiger partial charge in [-0.05, 0) is 24.3 Å². The molecule has 1 aliphatic rings. The van der Waals surface area contributed by atoms with Gasteiger partial charge in [0, 0.05) is 25.1 Å². The van der Waals surface area contributed by atoms with Crippen LogP contribution in [0.3, 0.4) is 0 Å². The fourth-order valence-electron chi connectivity index (χ4n) is 2.97. The molecule has 0 saturated carbocycles. The Morgan fingerprint density at radius 1 is 1.21 bits per heavy atom. The number of hydrogen-bond acceptors (Lipinski definition) is 2. The molecule has 3 atom stereocenters. The molecule has 0 amide bonds. The van der Waals surface area contributed by atoms with Crippen LogP contribution in [0.4, 0.5) is 0 Å². The van der Waals surface area contributed by atoms with Crippen LogP contribution in [-0.4, -0.2) is 25.3 Å². The third kappa shape index (κ3) is 4.05. The highest BCUT2D eigenvalue weighted by atomic mass is 16.5. The number of hydrogen-bond donors (Lipinski definition) is 1. The Labute approximate surface area is 117 Å². The topological polar surface area (TPSA) is 21.3 Å². The highest BCUT2D eigenvalue weighted by Gasteiger charge is 2.31. The van der Waals surface area contributed by atoms with E-state index in [1.54, 1.807) is 0 Å². The molecule has 1 saturated heterocycles. The van der Waals surface area contributed by atoms with E-state index >= 15 is 0 Å². The van der Waals surface area contributed by atoms with Crippen molar-refractivity contribution in [1.82, 2.24) is 5.32 Å². The second-order valence-corrected chi connectivity index (χ2v) is 6.00. The lowest BCUT2D eigenvalue weighted by molar-refractivity contribution is -0.0389. The summed E-state index contributed by atoms with van der Waals surface area (Å²) in [7, 11) is 0. The van der Waals surface area contributed by atoms with Crippen LogP contribution in [0.25, 0.3) is 0 Å². The quantitative estimate of drug-likeness (QED) is 0.874. The molecule has 0 spiro atoms. The zero-order chi connectivity index (χ0) is 13.7. The summed E-state index contributed by atoms with van der Waals surface area (Å²) in [4.78, 5) is 0. The fourth-order valence-corrected chi connectivity index (χ4v) is 2.97. The zero-order valence-corrected chi connectivity index (χ0v) is 12.4. The molecule has 1 aliphatic heterocycles. The van der Waals surface area contributed by atoms with Crippen molar-refractivity contribution in [3.05, 3.63) is 35.9 Å². The number of benzene rings is 1. The number of ether oxygens (including phenoxy) is 1. The summed E-state index contributed by atoms with van der Waals surface area (Å²) < 4.78 is 6.10. The van der Waals surface area contributed by atoms with Gasteiger partial charge in [-0.15, -0.1) is 0 Å². The first kappa shape index (κ1) is 14.5. The first-order chi connectivity index (χ1) is 9.18. The molecule has 3 unspecified atom stereocenters. The minimum absolute atomic E-state index is 0.349. The Morgan fingerprint density at radius 3 is 2.63 bits per heavy atom. The summed E-state index contributed by atoms with van der Waals surface area (Å²) in [6, 6.07) is 11.3. The van der Waals surface area contributed by atoms with E-state index in [2.05, 4.69) is 56.4 Å². The lowest BCUT2D eigenvalue weighted by atomic mass is 9.83. The number of nitrogens with one attached hydrogen (secondary N) is 1. The maximum atomic E-state index is 6.10. The highest BCUT2D eigenvalue weighted by molar-refractivity contribution is 5.20. The van der Waals surface area contributed by atoms with Crippen molar-refractivity contribution < 1.29 is 4.74 Å². The largest absolute Gasteiger partial charge is 0.377 e. The number of rotatable bonds is 5. The summed E-state index contributed by atoms with van der Waals surface area (Å²) in [5.74, 6) is 1.10. The first-order valence-corrected chi connectivity index (χ1v) is 7.58. The summed E-state index contributed by atoms with van der Waals surface area (Å²) >= 11 is 0. The predicted molar refractivity (Wildman–Crippen MR) is 80.5 cm³/mol. The van der Waals surface area contributed by atoms with Crippen molar-refractivity contribution in [2.24, 2.45) is 5.92 Å². The second-order valence-electron chi connectivity index (χ2n) is 6.00. The molecule has 1 aromatic carbocycles. The molecule has 2 rings (SSSR count). The molecule has 1 N–H and O–H groups in total. The van der Waals surface area contributed by atoms with Gasteiger partial charge in [-0.3, -0.25) is 0 Å². The van der Waals surface area contributed by atoms with Crippen molar-refractivity contribution in [3.63, 3.8) is 0 Å². The maximum absolute atomic E-state index is 6.10. The molecular formula is C17H27NO. The SMILES string of the molecule is CC(C)NCC1CCCOC1C(C)c1ccccc1. The lowest BCUT2D eigenvalue weighted by Gasteiger charge is -2.36. The van der Waals surface area contributed by atoms with Gasteiger partial charge >= 0.3 is 0 Å². The van der Waals surface area contributed by atoms with Gasteiger partial charge in [-0.25, -0.2) is 0 Å². The average molecular weight is 261 g/mol. The molecule has 2 nitrogen and oxygen atoms in total. The second kappa shape index (κ2) is 7.06. The predicted octanol–water partition coefficient (Wildman–Crippen LogP) is 3.58. The van der Waals surface area contributed by atoms with E-state index in [4.69, 9.17) is 4.74 Å². The Bertz CT molecular complexity index is 363. The van der Waals surface area contributed by atoms with Crippen LogP contribution in [0.2, 0.25) is 0 Å². The van der Waals surface area contributed by atoms with Crippen LogP contribution >= 0.6 is 0 Å². The smallest absolute Gasteiger partial charge is 0.0681 e. The van der Waals surface area contributed by atoms with Gasteiger partial charge in [0.15, 0.2) is 0 Å². The van der Waals surface area contributed by atoms with Gasteiger partial charge in [0.05, 0.1) is 6.10 Å². The van der Waals surface area contributed by atoms with Crippen molar-refractivity contribution in [3.8, 4) is 0 Å². The normalized spacial score (nSPS) is 25.5. The van der Waals surface area contributed by atoms with Crippen LogP contribution in [0.5, 0.6) is 0 Å². The molecule has 0 aliphatic carbocycles. The first-order valence-electron chi connectivity index (χ1n) is 7.58. The minimum atomic E-state index is 0.349. The van der Waals surface area contributed by atoms with Gasteiger partial charge in [0.25, 0.3) is 0 Å². The van der Waals surface area contributed by atoms with E-state index in [0.717, 1.165) is 13.2 Å². The van der Waals surface area contributed by atoms with Crippen LogP contribution in [-0.2, 0) is 4.74 Å². The van der Waals surface area contributed by atoms with E-state index in [1.165, 1.54) is 18.4 Å². The molecule has 0 bridgehead atoms. The van der Waals surface area contributed by atoms with Gasteiger partial charge < -0.3 is 10.1 Å². The Hall–Kier alpha value is -0.860. The van der Waals surface area contributed by atoms with Gasteiger partial charge in [-0.1, -0.05) is 51.1 Å². The van der Waals surface area contributed by atoms with Crippen molar-refractivity contribution in [1.29, 1.82) is 0 Å². The summed E-state index contributed by atoms with van der Waals surface area (Å²) in [5.41, 5.74) is 1.39. The molecule has 1 aromatic rings. The molecule has 0 aromatic heterocycles. The molecule has 1 heterocycles. The van der Waals surface area contributed by atoms with Crippen LogP contribution in [0.1, 0.15) is 45.1 Å². The van der Waals surface area contributed by atoms with Gasteiger partial charge in [0.1, 0.15) is 0 Å². The van der Waals surface area contributed by atoms with E-state index in [0.29, 0.717) is 24.0 Å². The fraction of sp³-hybridized carbons (Fsp3) is 0.647. The summed E-state index contributed by atoms with van der Waals surface area (Å²) in [6.07, 6.45) is 2.83. The van der Waals surface area contributed by atoms with E-state index < -0.39 is 0 Å². The van der Waals surface area contributed by atoms with Crippen molar-refractivity contribution >= 4 is 0 Å². The summed E-state index contributed by atoms with van der Waals surface area (Å²) in [5, 5.41) is 3.57. The highest BCUT2D eigenvalue weighted by Crippen LogP contribution is 2.32. The molecule has 1 fully saturated rings. The minimum Gasteiger partial charge on any atom is -0.377 e. The average Bonchev–Trinajstić information content (AvgIpc) is 2.45. The Morgan fingerprint density at radius 2 is 1.95 bits per heavy atom. The van der Waals surface area contributed by atoms with Crippen molar-refractivity contribution in [2.75, 3.05) is 13.2 Å². The standard InChI is InChI=1S/C17H27NO/c1-13(2)18-12-16-10-7-11-19-17(16)14(3)15-8-5-4-6-9-15/h4-6,8-9,13-14,16-18H,7,10-12H2,1-3H3. The molecule has 2 heteroatoms. The van der Waals surface area contributed by atoms with Crippen molar-refractivity contribution in [2.45, 2.75) is 51.7 Å². The third-order valence-electron chi connectivity index (χ3n) is 4.10. The van der Waals surface area contributed by atoms with Gasteiger partial charge in [0.2, 0.25) is 0 Å². The monoisotopic (exact) mass is 261 g/mol. The Kier molecular flexibility index (Phi) is 5.41. The van der Waals surface area contributed by atoms with E-state index in [9.17, 15) is 0 Å². The maximum Gasteiger partial charge on any atom is 0.0681 e.